The average Bonchev–Trinajstić information content (AvgIpc) is 1.84. The SMILES string of the molecule is CC(C)=CCN(C(=O)O)C(=O)O. The first-order chi connectivity index (χ1) is 5.45. The molecule has 0 unspecified atom stereocenters. The maximum Gasteiger partial charge on any atom is 0.417 e. The fraction of sp³-hybridized carbons (Fsp3) is 0.429. The molecule has 0 aromatic carbocycles. The van der Waals surface area contributed by atoms with Crippen molar-refractivity contribution >= 4 is 12.2 Å². The number of hydrogen-bond donors (Lipinski definition) is 2. The van der Waals surface area contributed by atoms with Crippen LogP contribution in [0.2, 0.25) is 0 Å². The van der Waals surface area contributed by atoms with Gasteiger partial charge < -0.3 is 10.2 Å². The van der Waals surface area contributed by atoms with Gasteiger partial charge in [0.25, 0.3) is 0 Å². The molecular formula is C7H11NO4. The lowest BCUT2D eigenvalue weighted by atomic mass is 10.3. The normalized spacial score (nSPS) is 8.83. The Balaban J connectivity index is 4.25. The molecule has 0 fully saturated rings. The van der Waals surface area contributed by atoms with Gasteiger partial charge in [-0.2, -0.15) is 0 Å². The van der Waals surface area contributed by atoms with Gasteiger partial charge in [0.1, 0.15) is 0 Å². The molecule has 0 aliphatic carbocycles. The summed E-state index contributed by atoms with van der Waals surface area (Å²) >= 11 is 0. The van der Waals surface area contributed by atoms with Crippen LogP contribution in [0.4, 0.5) is 9.59 Å². The summed E-state index contributed by atoms with van der Waals surface area (Å²) < 4.78 is 0. The van der Waals surface area contributed by atoms with Crippen LogP contribution in [0.15, 0.2) is 11.6 Å². The van der Waals surface area contributed by atoms with Crippen molar-refractivity contribution in [2.75, 3.05) is 6.54 Å². The smallest absolute Gasteiger partial charge is 0.417 e. The largest absolute Gasteiger partial charge is 0.465 e. The molecule has 0 aliphatic rings. The lowest BCUT2D eigenvalue weighted by molar-refractivity contribution is 0.127. The number of amides is 2. The van der Waals surface area contributed by atoms with Crippen molar-refractivity contribution in [3.8, 4) is 0 Å². The fourth-order valence-electron chi connectivity index (χ4n) is 0.512. The lowest BCUT2D eigenvalue weighted by Gasteiger charge is -2.10. The highest BCUT2D eigenvalue weighted by atomic mass is 16.4. The third-order valence-electron chi connectivity index (χ3n) is 1.14. The van der Waals surface area contributed by atoms with E-state index < -0.39 is 12.2 Å². The molecule has 12 heavy (non-hydrogen) atoms. The molecule has 0 heterocycles. The van der Waals surface area contributed by atoms with E-state index in [0.717, 1.165) is 5.57 Å². The number of imide groups is 1. The van der Waals surface area contributed by atoms with Crippen molar-refractivity contribution < 1.29 is 19.8 Å². The van der Waals surface area contributed by atoms with Gasteiger partial charge in [-0.3, -0.25) is 0 Å². The van der Waals surface area contributed by atoms with Gasteiger partial charge in [0, 0.05) is 0 Å². The molecule has 0 radical (unpaired) electrons. The van der Waals surface area contributed by atoms with Crippen molar-refractivity contribution in [1.29, 1.82) is 0 Å². The molecule has 0 bridgehead atoms. The number of hydrogen-bond acceptors (Lipinski definition) is 2. The maximum atomic E-state index is 10.3. The van der Waals surface area contributed by atoms with E-state index in [1.54, 1.807) is 13.8 Å². The van der Waals surface area contributed by atoms with Crippen molar-refractivity contribution in [3.63, 3.8) is 0 Å². The third-order valence-corrected chi connectivity index (χ3v) is 1.14. The molecule has 0 spiro atoms. The maximum absolute atomic E-state index is 10.3. The lowest BCUT2D eigenvalue weighted by Crippen LogP contribution is -2.34. The Hall–Kier alpha value is -1.52. The third kappa shape index (κ3) is 3.60. The van der Waals surface area contributed by atoms with Crippen LogP contribution in [0.5, 0.6) is 0 Å². The van der Waals surface area contributed by atoms with Gasteiger partial charge in [-0.1, -0.05) is 11.6 Å². The summed E-state index contributed by atoms with van der Waals surface area (Å²) in [5.74, 6) is 0. The minimum Gasteiger partial charge on any atom is -0.465 e. The Morgan fingerprint density at radius 2 is 1.67 bits per heavy atom. The van der Waals surface area contributed by atoms with E-state index in [-0.39, 0.29) is 6.54 Å². The summed E-state index contributed by atoms with van der Waals surface area (Å²) in [5.41, 5.74) is 0.877. The van der Waals surface area contributed by atoms with Crippen LogP contribution in [0, 0.1) is 0 Å². The van der Waals surface area contributed by atoms with Gasteiger partial charge >= 0.3 is 12.2 Å². The Bertz CT molecular complexity index is 203. The van der Waals surface area contributed by atoms with Gasteiger partial charge in [0.15, 0.2) is 0 Å². The fourth-order valence-corrected chi connectivity index (χ4v) is 0.512. The molecule has 0 aromatic rings. The molecular weight excluding hydrogens is 162 g/mol. The molecule has 0 aliphatic heterocycles. The molecule has 0 atom stereocenters. The summed E-state index contributed by atoms with van der Waals surface area (Å²) in [6.07, 6.45) is -1.39. The van der Waals surface area contributed by atoms with E-state index in [9.17, 15) is 9.59 Å². The summed E-state index contributed by atoms with van der Waals surface area (Å²) in [4.78, 5) is 20.9. The van der Waals surface area contributed by atoms with E-state index in [1.165, 1.54) is 6.08 Å². The first-order valence-corrected chi connectivity index (χ1v) is 3.32. The van der Waals surface area contributed by atoms with Crippen LogP contribution in [-0.2, 0) is 0 Å². The van der Waals surface area contributed by atoms with E-state index in [2.05, 4.69) is 0 Å². The summed E-state index contributed by atoms with van der Waals surface area (Å²) in [7, 11) is 0. The summed E-state index contributed by atoms with van der Waals surface area (Å²) in [5, 5.41) is 16.7. The monoisotopic (exact) mass is 173 g/mol. The predicted octanol–water partition coefficient (Wildman–Crippen LogP) is 1.61. The number of carboxylic acid groups (broad SMARTS) is 2. The van der Waals surface area contributed by atoms with Crippen LogP contribution in [-0.4, -0.2) is 33.8 Å². The van der Waals surface area contributed by atoms with Gasteiger partial charge in [0.05, 0.1) is 6.54 Å². The summed E-state index contributed by atoms with van der Waals surface area (Å²) in [6, 6.07) is 0. The Kier molecular flexibility index (Phi) is 3.82. The molecule has 2 N–H and O–H groups in total. The number of carbonyl (C=O) groups is 2. The van der Waals surface area contributed by atoms with Crippen LogP contribution < -0.4 is 0 Å². The zero-order chi connectivity index (χ0) is 9.72. The molecule has 0 saturated heterocycles. The number of allylic oxidation sites excluding steroid dienone is 1. The van der Waals surface area contributed by atoms with Gasteiger partial charge in [0.2, 0.25) is 0 Å². The van der Waals surface area contributed by atoms with E-state index >= 15 is 0 Å². The molecule has 0 aromatic heterocycles. The molecule has 5 nitrogen and oxygen atoms in total. The average molecular weight is 173 g/mol. The van der Waals surface area contributed by atoms with Crippen LogP contribution in [0.1, 0.15) is 13.8 Å². The van der Waals surface area contributed by atoms with E-state index in [0.29, 0.717) is 4.90 Å². The van der Waals surface area contributed by atoms with Gasteiger partial charge in [-0.25, -0.2) is 14.5 Å². The van der Waals surface area contributed by atoms with E-state index in [4.69, 9.17) is 10.2 Å². The zero-order valence-electron chi connectivity index (χ0n) is 6.94. The second-order valence-corrected chi connectivity index (χ2v) is 2.46. The molecule has 0 rings (SSSR count). The molecule has 5 heteroatoms. The highest BCUT2D eigenvalue weighted by molar-refractivity contribution is 5.85. The quantitative estimate of drug-likeness (QED) is 0.622. The highest BCUT2D eigenvalue weighted by Gasteiger charge is 2.17. The van der Waals surface area contributed by atoms with Crippen molar-refractivity contribution in [2.45, 2.75) is 13.8 Å². The van der Waals surface area contributed by atoms with Crippen molar-refractivity contribution in [2.24, 2.45) is 0 Å². The topological polar surface area (TPSA) is 77.8 Å². The van der Waals surface area contributed by atoms with Gasteiger partial charge in [-0.15, -0.1) is 0 Å². The van der Waals surface area contributed by atoms with Crippen LogP contribution >= 0.6 is 0 Å². The molecule has 0 saturated carbocycles. The van der Waals surface area contributed by atoms with Gasteiger partial charge in [-0.05, 0) is 13.8 Å². The molecule has 68 valence electrons. The Morgan fingerprint density at radius 3 is 1.92 bits per heavy atom. The standard InChI is InChI=1S/C7H11NO4/c1-5(2)3-4-8(6(9)10)7(11)12/h3H,4H2,1-2H3,(H,9,10)(H,11,12). The number of rotatable bonds is 2. The van der Waals surface area contributed by atoms with Crippen LogP contribution in [0.3, 0.4) is 0 Å². The predicted molar refractivity (Wildman–Crippen MR) is 42.2 cm³/mol. The summed E-state index contributed by atoms with van der Waals surface area (Å²) in [6.45, 7) is 3.41. The second kappa shape index (κ2) is 4.38. The van der Waals surface area contributed by atoms with Crippen molar-refractivity contribution in [3.05, 3.63) is 11.6 Å². The van der Waals surface area contributed by atoms with Crippen molar-refractivity contribution in [1.82, 2.24) is 4.90 Å². The first-order valence-electron chi connectivity index (χ1n) is 3.32. The number of nitrogens with zero attached hydrogens (tertiary/aromatic N) is 1. The minimum absolute atomic E-state index is 0.118. The first kappa shape index (κ1) is 10.5. The molecule has 2 amide bonds. The second-order valence-electron chi connectivity index (χ2n) is 2.46. The highest BCUT2D eigenvalue weighted by Crippen LogP contribution is 1.95. The Morgan fingerprint density at radius 1 is 1.25 bits per heavy atom. The van der Waals surface area contributed by atoms with Crippen LogP contribution in [0.25, 0.3) is 0 Å². The van der Waals surface area contributed by atoms with E-state index in [1.807, 2.05) is 0 Å². The minimum atomic E-state index is -1.46. The Labute approximate surface area is 69.9 Å². The zero-order valence-corrected chi connectivity index (χ0v) is 6.94.